The van der Waals surface area contributed by atoms with Crippen molar-refractivity contribution in [3.63, 3.8) is 0 Å². The molecule has 0 saturated carbocycles. The van der Waals surface area contributed by atoms with Crippen molar-refractivity contribution < 1.29 is 29.0 Å². The average Bonchev–Trinajstić information content (AvgIpc) is 3.08. The molecule has 4 amide bonds. The number of phenolic OH excluding ortho intramolecular Hbond substituents is 1. The lowest BCUT2D eigenvalue weighted by Gasteiger charge is -2.25. The van der Waals surface area contributed by atoms with Gasteiger partial charge in [0.25, 0.3) is 11.8 Å². The van der Waals surface area contributed by atoms with E-state index in [0.29, 0.717) is 24.0 Å². The maximum Gasteiger partial charge on any atom is 0.261 e. The highest BCUT2D eigenvalue weighted by Gasteiger charge is 2.25. The normalized spacial score (nSPS) is 17.2. The van der Waals surface area contributed by atoms with Crippen LogP contribution in [-0.4, -0.2) is 70.1 Å². The zero-order chi connectivity index (χ0) is 35.1. The number of hydrogen-bond donors (Lipinski definition) is 6. The van der Waals surface area contributed by atoms with Crippen LogP contribution >= 0.6 is 0 Å². The van der Waals surface area contributed by atoms with E-state index in [1.54, 1.807) is 28.8 Å². The fourth-order valence-corrected chi connectivity index (χ4v) is 5.52. The van der Waals surface area contributed by atoms with E-state index in [1.807, 2.05) is 13.8 Å². The third kappa shape index (κ3) is 8.40. The standard InChI is InChI=1S/C35H39N7O7/c1-3-42-18-27(31(45)25-10-4-20(2)38-32(25)42)34(47)39-22-7-11-29-26(17-22)33(46)37-15-13-30(44)41-28(12-14-36)35(48)40-23(19-49-29)16-21-5-8-24(43)9-6-21/h4-11,17-18,23,28,43H,3,12-16,19,36H2,1-2H3,(H,37,46)(H,39,47)(H,40,48)(H,41,44)/t23-,28+/m1/s1. The van der Waals surface area contributed by atoms with E-state index < -0.39 is 41.1 Å². The van der Waals surface area contributed by atoms with Crippen LogP contribution in [0.25, 0.3) is 11.0 Å². The second kappa shape index (κ2) is 15.4. The number of fused-ring (bicyclic) bond motifs is 2. The lowest BCUT2D eigenvalue weighted by atomic mass is 10.0. The maximum atomic E-state index is 13.4. The maximum absolute atomic E-state index is 13.4. The number of carbonyl (C=O) groups excluding carboxylic acids is 4. The number of aromatic nitrogens is 2. The minimum atomic E-state index is -0.888. The Morgan fingerprint density at radius 1 is 1.08 bits per heavy atom. The predicted octanol–water partition coefficient (Wildman–Crippen LogP) is 1.76. The Labute approximate surface area is 282 Å². The van der Waals surface area contributed by atoms with Gasteiger partial charge >= 0.3 is 0 Å². The van der Waals surface area contributed by atoms with Crippen LogP contribution in [0.2, 0.25) is 0 Å². The van der Waals surface area contributed by atoms with Crippen LogP contribution in [0.4, 0.5) is 5.69 Å². The van der Waals surface area contributed by atoms with E-state index >= 15 is 0 Å². The van der Waals surface area contributed by atoms with Gasteiger partial charge in [0.05, 0.1) is 17.0 Å². The van der Waals surface area contributed by atoms with Crippen molar-refractivity contribution in [2.45, 2.75) is 51.7 Å². The highest BCUT2D eigenvalue weighted by atomic mass is 16.5. The number of pyridine rings is 2. The van der Waals surface area contributed by atoms with Crippen LogP contribution in [0, 0.1) is 6.92 Å². The van der Waals surface area contributed by atoms with Gasteiger partial charge in [0, 0.05) is 37.1 Å². The highest BCUT2D eigenvalue weighted by molar-refractivity contribution is 6.06. The summed E-state index contributed by atoms with van der Waals surface area (Å²) in [5.41, 5.74) is 7.45. The number of rotatable bonds is 7. The molecule has 0 saturated heterocycles. The third-order valence-corrected chi connectivity index (χ3v) is 8.08. The lowest BCUT2D eigenvalue weighted by molar-refractivity contribution is -0.129. The number of hydrogen-bond acceptors (Lipinski definition) is 9. The Kier molecular flexibility index (Phi) is 10.9. The molecule has 1 aliphatic heterocycles. The van der Waals surface area contributed by atoms with Crippen molar-refractivity contribution in [2.24, 2.45) is 5.73 Å². The number of amides is 4. The number of carbonyl (C=O) groups is 4. The zero-order valence-electron chi connectivity index (χ0n) is 27.2. The zero-order valence-corrected chi connectivity index (χ0v) is 27.2. The van der Waals surface area contributed by atoms with Crippen LogP contribution in [0.3, 0.4) is 0 Å². The number of aryl methyl sites for hydroxylation is 2. The Morgan fingerprint density at radius 2 is 1.86 bits per heavy atom. The number of nitrogens with one attached hydrogen (secondary N) is 4. The number of benzene rings is 2. The topological polar surface area (TPSA) is 207 Å². The summed E-state index contributed by atoms with van der Waals surface area (Å²) < 4.78 is 7.85. The first-order valence-electron chi connectivity index (χ1n) is 16.0. The van der Waals surface area contributed by atoms with E-state index in [1.165, 1.54) is 36.5 Å². The first-order valence-corrected chi connectivity index (χ1v) is 16.0. The summed E-state index contributed by atoms with van der Waals surface area (Å²) in [5.74, 6) is -1.86. The Bertz CT molecular complexity index is 1940. The van der Waals surface area contributed by atoms with Crippen molar-refractivity contribution in [3.8, 4) is 11.5 Å². The molecule has 0 radical (unpaired) electrons. The van der Waals surface area contributed by atoms with Gasteiger partial charge in [0.15, 0.2) is 0 Å². The van der Waals surface area contributed by atoms with Gasteiger partial charge in [-0.2, -0.15) is 0 Å². The summed E-state index contributed by atoms with van der Waals surface area (Å²) in [4.78, 5) is 70.6. The molecule has 0 fully saturated rings. The number of ether oxygens (including phenoxy) is 1. The summed E-state index contributed by atoms with van der Waals surface area (Å²) in [6.07, 6.45) is 1.87. The fourth-order valence-electron chi connectivity index (χ4n) is 5.52. The minimum absolute atomic E-state index is 0.0394. The first kappa shape index (κ1) is 34.6. The van der Waals surface area contributed by atoms with E-state index in [9.17, 15) is 29.1 Å². The summed E-state index contributed by atoms with van der Waals surface area (Å²) in [6.45, 7) is 4.23. The van der Waals surface area contributed by atoms with Gasteiger partial charge in [-0.05, 0) is 81.3 Å². The molecule has 49 heavy (non-hydrogen) atoms. The van der Waals surface area contributed by atoms with Crippen molar-refractivity contribution in [3.05, 3.63) is 93.4 Å². The summed E-state index contributed by atoms with van der Waals surface area (Å²) in [6, 6.07) is 12.8. The van der Waals surface area contributed by atoms with Gasteiger partial charge in [-0.3, -0.25) is 24.0 Å². The predicted molar refractivity (Wildman–Crippen MR) is 183 cm³/mol. The van der Waals surface area contributed by atoms with Crippen LogP contribution in [0.15, 0.2) is 65.6 Å². The smallest absolute Gasteiger partial charge is 0.261 e. The molecule has 1 aliphatic rings. The van der Waals surface area contributed by atoms with Gasteiger partial charge in [-0.1, -0.05) is 12.1 Å². The van der Waals surface area contributed by atoms with Gasteiger partial charge in [-0.25, -0.2) is 4.98 Å². The average molecular weight is 670 g/mol. The van der Waals surface area contributed by atoms with E-state index in [-0.39, 0.29) is 60.9 Å². The van der Waals surface area contributed by atoms with E-state index in [0.717, 1.165) is 11.3 Å². The summed E-state index contributed by atoms with van der Waals surface area (Å²) in [7, 11) is 0. The Morgan fingerprint density at radius 3 is 2.59 bits per heavy atom. The molecular formula is C35H39N7O7. The molecule has 2 aromatic heterocycles. The van der Waals surface area contributed by atoms with Crippen LogP contribution in [0.5, 0.6) is 11.5 Å². The summed E-state index contributed by atoms with van der Waals surface area (Å²) >= 11 is 0. The molecule has 7 N–H and O–H groups in total. The summed E-state index contributed by atoms with van der Waals surface area (Å²) in [5, 5.41) is 21.1. The molecule has 14 heteroatoms. The quantitative estimate of drug-likeness (QED) is 0.169. The molecule has 0 bridgehead atoms. The van der Waals surface area contributed by atoms with Crippen LogP contribution in [-0.2, 0) is 22.6 Å². The fraction of sp³-hybridized carbons (Fsp3) is 0.314. The molecule has 2 aromatic carbocycles. The molecule has 256 valence electrons. The second-order valence-electron chi connectivity index (χ2n) is 11.7. The second-order valence-corrected chi connectivity index (χ2v) is 11.7. The monoisotopic (exact) mass is 669 g/mol. The number of nitrogens with zero attached hydrogens (tertiary/aromatic N) is 2. The SMILES string of the molecule is CCn1cc(C(=O)Nc2ccc3c(c2)C(=O)NCCC(=O)N[C@@H](CCN)C(=O)N[C@H](Cc2ccc(O)cc2)CO3)c(=O)c2ccc(C)nc21. The van der Waals surface area contributed by atoms with E-state index in [2.05, 4.69) is 26.3 Å². The minimum Gasteiger partial charge on any atom is -0.508 e. The molecule has 0 spiro atoms. The lowest BCUT2D eigenvalue weighted by Crippen LogP contribution is -2.52. The molecule has 2 atom stereocenters. The molecule has 5 rings (SSSR count). The van der Waals surface area contributed by atoms with Gasteiger partial charge in [-0.15, -0.1) is 0 Å². The molecule has 0 unspecified atom stereocenters. The Hall–Kier alpha value is -5.76. The van der Waals surface area contributed by atoms with Crippen molar-refractivity contribution in [1.29, 1.82) is 0 Å². The molecule has 3 heterocycles. The van der Waals surface area contributed by atoms with Gasteiger partial charge < -0.3 is 41.4 Å². The molecule has 0 aliphatic carbocycles. The highest BCUT2D eigenvalue weighted by Crippen LogP contribution is 2.25. The third-order valence-electron chi connectivity index (χ3n) is 8.08. The van der Waals surface area contributed by atoms with Crippen molar-refractivity contribution in [1.82, 2.24) is 25.5 Å². The molecule has 4 aromatic rings. The largest absolute Gasteiger partial charge is 0.508 e. The van der Waals surface area contributed by atoms with Gasteiger partial charge in [0.2, 0.25) is 17.2 Å². The first-order chi connectivity index (χ1) is 23.6. The van der Waals surface area contributed by atoms with Crippen molar-refractivity contribution in [2.75, 3.05) is 25.0 Å². The van der Waals surface area contributed by atoms with Crippen molar-refractivity contribution >= 4 is 40.3 Å². The van der Waals surface area contributed by atoms with Crippen LogP contribution < -0.4 is 37.2 Å². The molecular weight excluding hydrogens is 630 g/mol. The number of nitrogens with two attached hydrogens (primary N) is 1. The number of phenols is 1. The Balaban J connectivity index is 1.44. The number of aromatic hydroxyl groups is 1. The van der Waals surface area contributed by atoms with Crippen LogP contribution in [0.1, 0.15) is 51.7 Å². The van der Waals surface area contributed by atoms with E-state index in [4.69, 9.17) is 10.5 Å². The van der Waals surface area contributed by atoms with Gasteiger partial charge in [0.1, 0.15) is 35.4 Å². The number of anilines is 1. The molecule has 14 nitrogen and oxygen atoms in total.